The van der Waals surface area contributed by atoms with Crippen LogP contribution in [0.2, 0.25) is 0 Å². The number of anilines is 1. The van der Waals surface area contributed by atoms with Gasteiger partial charge in [-0.05, 0) is 42.7 Å². The number of nitrogens with one attached hydrogen (secondary N) is 1. The third-order valence-corrected chi connectivity index (χ3v) is 5.95. The lowest BCUT2D eigenvalue weighted by Crippen LogP contribution is -2.06. The predicted octanol–water partition coefficient (Wildman–Crippen LogP) is 4.30. The largest absolute Gasteiger partial charge is 0.385 e. The Morgan fingerprint density at radius 1 is 1.24 bits per heavy atom. The number of nitrogens with zero attached hydrogens (tertiary/aromatic N) is 3. The van der Waals surface area contributed by atoms with E-state index in [1.165, 1.54) is 28.6 Å². The van der Waals surface area contributed by atoms with Crippen molar-refractivity contribution < 1.29 is 4.74 Å². The molecule has 0 bridgehead atoms. The Bertz CT molecular complexity index is 919. The van der Waals surface area contributed by atoms with Crippen LogP contribution in [0.3, 0.4) is 0 Å². The summed E-state index contributed by atoms with van der Waals surface area (Å²) in [5.74, 6) is 1.38. The van der Waals surface area contributed by atoms with Gasteiger partial charge in [-0.15, -0.1) is 11.3 Å². The van der Waals surface area contributed by atoms with Gasteiger partial charge in [0.2, 0.25) is 0 Å². The van der Waals surface area contributed by atoms with Gasteiger partial charge in [0.05, 0.1) is 10.2 Å². The molecule has 132 valence electrons. The number of rotatable bonds is 6. The number of fused-ring (bicyclic) bond motifs is 5. The number of hydrogen-bond donors (Lipinski definition) is 1. The molecular formula is C19H24N4OS. The minimum atomic E-state index is 0.458. The zero-order chi connectivity index (χ0) is 17.4. The second kappa shape index (κ2) is 6.84. The van der Waals surface area contributed by atoms with Crippen molar-refractivity contribution in [2.45, 2.75) is 45.4 Å². The highest BCUT2D eigenvalue weighted by Crippen LogP contribution is 2.42. The molecule has 1 aliphatic carbocycles. The molecule has 0 unspecified atom stereocenters. The fourth-order valence-electron chi connectivity index (χ4n) is 3.75. The monoisotopic (exact) mass is 356 g/mol. The summed E-state index contributed by atoms with van der Waals surface area (Å²) in [5, 5.41) is 4.70. The van der Waals surface area contributed by atoms with Crippen LogP contribution < -0.4 is 5.32 Å². The molecule has 0 radical (unpaired) electrons. The van der Waals surface area contributed by atoms with Crippen LogP contribution in [0.15, 0.2) is 6.33 Å². The third-order valence-electron chi connectivity index (χ3n) is 4.87. The van der Waals surface area contributed by atoms with Crippen molar-refractivity contribution in [3.05, 3.63) is 23.1 Å². The molecule has 0 spiro atoms. The van der Waals surface area contributed by atoms with Crippen molar-refractivity contribution in [1.29, 1.82) is 0 Å². The molecule has 0 aromatic carbocycles. The minimum Gasteiger partial charge on any atom is -0.385 e. The molecule has 3 aromatic heterocycles. The lowest BCUT2D eigenvalue weighted by atomic mass is 9.99. The van der Waals surface area contributed by atoms with Gasteiger partial charge in [-0.2, -0.15) is 0 Å². The average molecular weight is 356 g/mol. The van der Waals surface area contributed by atoms with Gasteiger partial charge < -0.3 is 10.1 Å². The van der Waals surface area contributed by atoms with Crippen LogP contribution in [0.25, 0.3) is 20.4 Å². The maximum Gasteiger partial charge on any atom is 0.147 e. The van der Waals surface area contributed by atoms with E-state index in [1.807, 2.05) is 0 Å². The van der Waals surface area contributed by atoms with Gasteiger partial charge >= 0.3 is 0 Å². The Balaban J connectivity index is 1.84. The Labute approximate surface area is 151 Å². The molecule has 0 amide bonds. The number of aryl methyl sites for hydroxylation is 1. The van der Waals surface area contributed by atoms with E-state index in [2.05, 4.69) is 29.1 Å². The van der Waals surface area contributed by atoms with Gasteiger partial charge in [-0.25, -0.2) is 15.0 Å². The SMILES string of the molecule is COCCCNc1ncnc2c1sc1nc(C(C)C)c3c(c12)CCC3. The molecule has 1 aliphatic rings. The van der Waals surface area contributed by atoms with Crippen LogP contribution in [0.1, 0.15) is 49.4 Å². The predicted molar refractivity (Wildman–Crippen MR) is 104 cm³/mol. The van der Waals surface area contributed by atoms with Gasteiger partial charge in [0.25, 0.3) is 0 Å². The summed E-state index contributed by atoms with van der Waals surface area (Å²) in [6.07, 6.45) is 6.14. The number of aromatic nitrogens is 3. The summed E-state index contributed by atoms with van der Waals surface area (Å²) in [5.41, 5.74) is 5.28. The molecule has 0 saturated heterocycles. The summed E-state index contributed by atoms with van der Waals surface area (Å²) in [4.78, 5) is 15.2. The maximum absolute atomic E-state index is 5.12. The number of methoxy groups -OCH3 is 1. The number of pyridine rings is 1. The van der Waals surface area contributed by atoms with Gasteiger partial charge in [0.15, 0.2) is 0 Å². The van der Waals surface area contributed by atoms with E-state index in [1.54, 1.807) is 24.8 Å². The first-order valence-corrected chi connectivity index (χ1v) is 9.84. The molecule has 4 rings (SSSR count). The van der Waals surface area contributed by atoms with Crippen molar-refractivity contribution >= 4 is 37.6 Å². The minimum absolute atomic E-state index is 0.458. The van der Waals surface area contributed by atoms with Crippen molar-refractivity contribution in [2.75, 3.05) is 25.6 Å². The summed E-state index contributed by atoms with van der Waals surface area (Å²) in [6.45, 7) is 6.07. The van der Waals surface area contributed by atoms with Gasteiger partial charge in [-0.1, -0.05) is 13.8 Å². The van der Waals surface area contributed by atoms with Crippen molar-refractivity contribution in [3.8, 4) is 0 Å². The molecule has 0 atom stereocenters. The lowest BCUT2D eigenvalue weighted by molar-refractivity contribution is 0.198. The van der Waals surface area contributed by atoms with Crippen molar-refractivity contribution in [3.63, 3.8) is 0 Å². The molecule has 25 heavy (non-hydrogen) atoms. The second-order valence-electron chi connectivity index (χ2n) is 6.92. The molecule has 3 aromatic rings. The molecule has 0 saturated carbocycles. The lowest BCUT2D eigenvalue weighted by Gasteiger charge is -2.11. The average Bonchev–Trinajstić information content (AvgIpc) is 3.21. The molecule has 6 heteroatoms. The molecule has 0 aliphatic heterocycles. The topological polar surface area (TPSA) is 59.9 Å². The Kier molecular flexibility index (Phi) is 4.56. The van der Waals surface area contributed by atoms with E-state index in [-0.39, 0.29) is 0 Å². The molecular weight excluding hydrogens is 332 g/mol. The third kappa shape index (κ3) is 2.87. The number of hydrogen-bond acceptors (Lipinski definition) is 6. The van der Waals surface area contributed by atoms with E-state index in [0.717, 1.165) is 53.3 Å². The van der Waals surface area contributed by atoms with Gasteiger partial charge in [0.1, 0.15) is 17.0 Å². The fraction of sp³-hybridized carbons (Fsp3) is 0.526. The molecule has 5 nitrogen and oxygen atoms in total. The van der Waals surface area contributed by atoms with Crippen LogP contribution in [0.4, 0.5) is 5.82 Å². The first kappa shape index (κ1) is 16.7. The normalized spacial score (nSPS) is 13.9. The maximum atomic E-state index is 5.12. The molecule has 0 fully saturated rings. The quantitative estimate of drug-likeness (QED) is 0.667. The summed E-state index contributed by atoms with van der Waals surface area (Å²) in [7, 11) is 1.73. The van der Waals surface area contributed by atoms with Gasteiger partial charge in [-0.3, -0.25) is 0 Å². The zero-order valence-electron chi connectivity index (χ0n) is 15.1. The van der Waals surface area contributed by atoms with Crippen molar-refractivity contribution in [1.82, 2.24) is 15.0 Å². The Hall–Kier alpha value is -1.79. The molecule has 1 N–H and O–H groups in total. The van der Waals surface area contributed by atoms with E-state index in [9.17, 15) is 0 Å². The van der Waals surface area contributed by atoms with Crippen LogP contribution in [0, 0.1) is 0 Å². The summed E-state index contributed by atoms with van der Waals surface area (Å²) in [6, 6.07) is 0. The first-order chi connectivity index (χ1) is 12.2. The fourth-order valence-corrected chi connectivity index (χ4v) is 4.89. The van der Waals surface area contributed by atoms with E-state index < -0.39 is 0 Å². The molecule has 3 heterocycles. The number of ether oxygens (including phenoxy) is 1. The standard InChI is InChI=1S/C19H24N4OS/c1-11(2)15-13-7-4-6-12(13)14-16-17(25-19(14)23-15)18(22-10-21-16)20-8-5-9-24-3/h10-11H,4-9H2,1-3H3,(H,20,21,22). The highest BCUT2D eigenvalue weighted by Gasteiger charge is 2.25. The van der Waals surface area contributed by atoms with E-state index >= 15 is 0 Å². The second-order valence-corrected chi connectivity index (χ2v) is 7.92. The van der Waals surface area contributed by atoms with Crippen LogP contribution in [-0.4, -0.2) is 35.2 Å². The summed E-state index contributed by atoms with van der Waals surface area (Å²) < 4.78 is 6.24. The number of thiophene rings is 1. The van der Waals surface area contributed by atoms with Crippen molar-refractivity contribution in [2.24, 2.45) is 0 Å². The summed E-state index contributed by atoms with van der Waals surface area (Å²) >= 11 is 1.72. The Morgan fingerprint density at radius 2 is 2.08 bits per heavy atom. The highest BCUT2D eigenvalue weighted by atomic mass is 32.1. The van der Waals surface area contributed by atoms with Crippen LogP contribution in [-0.2, 0) is 17.6 Å². The van der Waals surface area contributed by atoms with Crippen LogP contribution in [0.5, 0.6) is 0 Å². The van der Waals surface area contributed by atoms with E-state index in [0.29, 0.717) is 5.92 Å². The zero-order valence-corrected chi connectivity index (χ0v) is 15.9. The highest BCUT2D eigenvalue weighted by molar-refractivity contribution is 7.26. The first-order valence-electron chi connectivity index (χ1n) is 9.02. The van der Waals surface area contributed by atoms with Gasteiger partial charge in [0, 0.05) is 31.3 Å². The van der Waals surface area contributed by atoms with Crippen LogP contribution >= 0.6 is 11.3 Å². The van der Waals surface area contributed by atoms with E-state index in [4.69, 9.17) is 9.72 Å². The Morgan fingerprint density at radius 3 is 2.88 bits per heavy atom. The smallest absolute Gasteiger partial charge is 0.147 e.